The maximum absolute atomic E-state index is 8.88. The van der Waals surface area contributed by atoms with Crippen LogP contribution in [0.4, 0.5) is 5.69 Å². The third kappa shape index (κ3) is 3.30. The van der Waals surface area contributed by atoms with Gasteiger partial charge in [-0.1, -0.05) is 29.5 Å². The Balaban J connectivity index is 1.52. The van der Waals surface area contributed by atoms with Gasteiger partial charge in [-0.15, -0.1) is 5.10 Å². The van der Waals surface area contributed by atoms with Gasteiger partial charge in [-0.05, 0) is 42.3 Å². The van der Waals surface area contributed by atoms with Crippen LogP contribution in [0.3, 0.4) is 0 Å². The van der Waals surface area contributed by atoms with Gasteiger partial charge in [0.2, 0.25) is 0 Å². The van der Waals surface area contributed by atoms with Crippen LogP contribution in [0.15, 0.2) is 54.7 Å². The molecule has 4 rings (SSSR count). The number of nitrogens with zero attached hydrogens (tertiary/aromatic N) is 5. The van der Waals surface area contributed by atoms with E-state index >= 15 is 0 Å². The summed E-state index contributed by atoms with van der Waals surface area (Å²) in [6, 6.07) is 18.0. The van der Waals surface area contributed by atoms with E-state index in [1.807, 2.05) is 30.5 Å². The van der Waals surface area contributed by atoms with Gasteiger partial charge in [0, 0.05) is 12.2 Å². The zero-order valence-corrected chi connectivity index (χ0v) is 14.5. The van der Waals surface area contributed by atoms with Crippen molar-refractivity contribution in [1.29, 1.82) is 5.26 Å². The monoisotopic (exact) mass is 345 g/mol. The van der Waals surface area contributed by atoms with Crippen molar-refractivity contribution < 1.29 is 4.74 Å². The Bertz CT molecular complexity index is 941. The van der Waals surface area contributed by atoms with Crippen molar-refractivity contribution in [2.24, 2.45) is 0 Å². The molecule has 1 atom stereocenters. The number of hydrogen-bond donors (Lipinski definition) is 0. The van der Waals surface area contributed by atoms with Gasteiger partial charge in [-0.25, -0.2) is 4.68 Å². The van der Waals surface area contributed by atoms with Crippen molar-refractivity contribution in [3.8, 4) is 6.07 Å². The topological polar surface area (TPSA) is 67.0 Å². The van der Waals surface area contributed by atoms with Crippen molar-refractivity contribution in [2.75, 3.05) is 18.1 Å². The molecule has 0 N–H and O–H groups in total. The second-order valence-corrected chi connectivity index (χ2v) is 6.41. The minimum Gasteiger partial charge on any atom is -0.350 e. The fourth-order valence-corrected chi connectivity index (χ4v) is 3.16. The van der Waals surface area contributed by atoms with Crippen LogP contribution >= 0.6 is 0 Å². The molecule has 0 saturated carbocycles. The molecule has 0 unspecified atom stereocenters. The summed E-state index contributed by atoms with van der Waals surface area (Å²) in [6.07, 6.45) is 1.71. The molecule has 6 heteroatoms. The molecule has 0 amide bonds. The Labute approximate surface area is 152 Å². The summed E-state index contributed by atoms with van der Waals surface area (Å²) in [6.45, 7) is 4.19. The molecule has 130 valence electrons. The second kappa shape index (κ2) is 6.98. The lowest BCUT2D eigenvalue weighted by Crippen LogP contribution is -2.23. The van der Waals surface area contributed by atoms with Crippen molar-refractivity contribution in [1.82, 2.24) is 15.0 Å². The first-order valence-electron chi connectivity index (χ1n) is 8.57. The number of nitriles is 1. The predicted molar refractivity (Wildman–Crippen MR) is 97.5 cm³/mol. The lowest BCUT2D eigenvalue weighted by atomic mass is 10.1. The highest BCUT2D eigenvalue weighted by molar-refractivity contribution is 5.50. The lowest BCUT2D eigenvalue weighted by Gasteiger charge is -2.23. The van der Waals surface area contributed by atoms with Crippen molar-refractivity contribution in [3.63, 3.8) is 0 Å². The summed E-state index contributed by atoms with van der Waals surface area (Å²) in [4.78, 5) is 2.21. The fraction of sp³-hybridized carbons (Fsp3) is 0.250. The number of aromatic nitrogens is 3. The quantitative estimate of drug-likeness (QED) is 0.727. The lowest BCUT2D eigenvalue weighted by molar-refractivity contribution is 0.110. The molecule has 1 saturated heterocycles. The van der Waals surface area contributed by atoms with E-state index in [1.165, 1.54) is 5.56 Å². The van der Waals surface area contributed by atoms with E-state index in [-0.39, 0.29) is 6.23 Å². The van der Waals surface area contributed by atoms with E-state index in [4.69, 9.17) is 10.00 Å². The van der Waals surface area contributed by atoms with Gasteiger partial charge >= 0.3 is 0 Å². The van der Waals surface area contributed by atoms with Crippen LogP contribution in [-0.4, -0.2) is 28.1 Å². The van der Waals surface area contributed by atoms with Crippen LogP contribution in [0.5, 0.6) is 0 Å². The molecule has 0 bridgehead atoms. The Hall–Kier alpha value is -3.17. The van der Waals surface area contributed by atoms with Gasteiger partial charge in [-0.3, -0.25) is 0 Å². The first kappa shape index (κ1) is 16.3. The van der Waals surface area contributed by atoms with Gasteiger partial charge in [0.05, 0.1) is 31.0 Å². The second-order valence-electron chi connectivity index (χ2n) is 6.41. The van der Waals surface area contributed by atoms with Gasteiger partial charge in [0.1, 0.15) is 5.69 Å². The number of aryl methyl sites for hydroxylation is 1. The maximum Gasteiger partial charge on any atom is 0.177 e. The highest BCUT2D eigenvalue weighted by Crippen LogP contribution is 2.31. The highest BCUT2D eigenvalue weighted by atomic mass is 16.5. The van der Waals surface area contributed by atoms with Crippen molar-refractivity contribution in [2.45, 2.75) is 19.7 Å². The average Bonchev–Trinajstić information content (AvgIpc) is 3.31. The first-order valence-corrected chi connectivity index (χ1v) is 8.57. The maximum atomic E-state index is 8.88. The Kier molecular flexibility index (Phi) is 4.38. The van der Waals surface area contributed by atoms with Gasteiger partial charge < -0.3 is 9.64 Å². The van der Waals surface area contributed by atoms with Crippen LogP contribution < -0.4 is 4.90 Å². The molecule has 3 aromatic rings. The van der Waals surface area contributed by atoms with Gasteiger partial charge in [-0.2, -0.15) is 5.26 Å². The van der Waals surface area contributed by atoms with E-state index in [9.17, 15) is 0 Å². The average molecular weight is 345 g/mol. The number of anilines is 1. The smallest absolute Gasteiger partial charge is 0.177 e. The minimum atomic E-state index is -0.216. The van der Waals surface area contributed by atoms with Crippen molar-refractivity contribution >= 4 is 5.69 Å². The SMILES string of the molecule is Cc1cccc(N2CCO[C@H]2c2cn(Cc3ccc(C#N)cc3)nn2)c1. The summed E-state index contributed by atoms with van der Waals surface area (Å²) in [7, 11) is 0. The van der Waals surface area contributed by atoms with Crippen LogP contribution in [-0.2, 0) is 11.3 Å². The number of rotatable bonds is 4. The fourth-order valence-electron chi connectivity index (χ4n) is 3.16. The summed E-state index contributed by atoms with van der Waals surface area (Å²) in [5, 5.41) is 17.4. The zero-order chi connectivity index (χ0) is 17.9. The number of hydrogen-bond acceptors (Lipinski definition) is 5. The van der Waals surface area contributed by atoms with Crippen LogP contribution in [0.25, 0.3) is 0 Å². The molecule has 2 heterocycles. The Morgan fingerprint density at radius 3 is 2.85 bits per heavy atom. The summed E-state index contributed by atoms with van der Waals surface area (Å²) < 4.78 is 7.71. The van der Waals surface area contributed by atoms with E-state index in [2.05, 4.69) is 52.5 Å². The number of benzene rings is 2. The molecule has 6 nitrogen and oxygen atoms in total. The summed E-state index contributed by atoms with van der Waals surface area (Å²) >= 11 is 0. The molecular formula is C20H19N5O. The molecule has 1 fully saturated rings. The molecule has 1 aliphatic rings. The largest absolute Gasteiger partial charge is 0.350 e. The molecular weight excluding hydrogens is 326 g/mol. The molecule has 0 spiro atoms. The third-order valence-corrected chi connectivity index (χ3v) is 4.46. The minimum absolute atomic E-state index is 0.216. The molecule has 2 aromatic carbocycles. The molecule has 1 aromatic heterocycles. The Morgan fingerprint density at radius 2 is 2.08 bits per heavy atom. The van der Waals surface area contributed by atoms with E-state index < -0.39 is 0 Å². The Morgan fingerprint density at radius 1 is 1.23 bits per heavy atom. The molecule has 26 heavy (non-hydrogen) atoms. The van der Waals surface area contributed by atoms with Crippen LogP contribution in [0.2, 0.25) is 0 Å². The van der Waals surface area contributed by atoms with Crippen LogP contribution in [0.1, 0.15) is 28.6 Å². The van der Waals surface area contributed by atoms with Gasteiger partial charge in [0.15, 0.2) is 6.23 Å². The van der Waals surface area contributed by atoms with Crippen LogP contribution in [0, 0.1) is 18.3 Å². The normalized spacial score (nSPS) is 16.6. The molecule has 1 aliphatic heterocycles. The number of ether oxygens (including phenoxy) is 1. The summed E-state index contributed by atoms with van der Waals surface area (Å²) in [5.41, 5.74) is 4.88. The summed E-state index contributed by atoms with van der Waals surface area (Å²) in [5.74, 6) is 0. The zero-order valence-electron chi connectivity index (χ0n) is 14.5. The van der Waals surface area contributed by atoms with E-state index in [0.29, 0.717) is 18.7 Å². The highest BCUT2D eigenvalue weighted by Gasteiger charge is 2.29. The predicted octanol–water partition coefficient (Wildman–Crippen LogP) is 3.04. The third-order valence-electron chi connectivity index (χ3n) is 4.46. The molecule has 0 radical (unpaired) electrons. The van der Waals surface area contributed by atoms with E-state index in [1.54, 1.807) is 4.68 Å². The standard InChI is InChI=1S/C20H19N5O/c1-15-3-2-4-18(11-15)25-9-10-26-20(25)19-14-24(23-22-19)13-17-7-5-16(12-21)6-8-17/h2-8,11,14,20H,9-10,13H2,1H3/t20-/m0/s1. The van der Waals surface area contributed by atoms with Crippen molar-refractivity contribution in [3.05, 3.63) is 77.1 Å². The van der Waals surface area contributed by atoms with E-state index in [0.717, 1.165) is 23.5 Å². The first-order chi connectivity index (χ1) is 12.7. The van der Waals surface area contributed by atoms with Gasteiger partial charge in [0.25, 0.3) is 0 Å². The molecule has 0 aliphatic carbocycles.